The van der Waals surface area contributed by atoms with Crippen LogP contribution in [-0.4, -0.2) is 13.2 Å². The van der Waals surface area contributed by atoms with E-state index in [0.717, 1.165) is 11.3 Å². The average Bonchev–Trinajstić information content (AvgIpc) is 2.40. The highest BCUT2D eigenvalue weighted by Gasteiger charge is 2.03. The van der Waals surface area contributed by atoms with Crippen molar-refractivity contribution in [3.8, 4) is 11.5 Å². The van der Waals surface area contributed by atoms with Crippen LogP contribution in [0.1, 0.15) is 11.1 Å². The third-order valence-corrected chi connectivity index (χ3v) is 3.15. The fourth-order valence-electron chi connectivity index (χ4n) is 1.82. The van der Waals surface area contributed by atoms with E-state index in [1.807, 2.05) is 26.0 Å². The predicted octanol–water partition coefficient (Wildman–Crippen LogP) is 4.00. The van der Waals surface area contributed by atoms with Gasteiger partial charge in [-0.3, -0.25) is 0 Å². The van der Waals surface area contributed by atoms with Crippen molar-refractivity contribution >= 4 is 17.3 Å². The van der Waals surface area contributed by atoms with Crippen LogP contribution in [0.5, 0.6) is 11.5 Å². The monoisotopic (exact) mass is 291 g/mol. The summed E-state index contributed by atoms with van der Waals surface area (Å²) in [5, 5.41) is 0.599. The van der Waals surface area contributed by atoms with E-state index in [4.69, 9.17) is 26.8 Å². The summed E-state index contributed by atoms with van der Waals surface area (Å²) in [5.74, 6) is 1.51. The zero-order valence-corrected chi connectivity index (χ0v) is 12.4. The van der Waals surface area contributed by atoms with Crippen molar-refractivity contribution in [1.82, 2.24) is 0 Å². The number of nitrogen functional groups attached to an aromatic ring is 1. The lowest BCUT2D eigenvalue weighted by Gasteiger charge is -2.12. The second-order valence-corrected chi connectivity index (χ2v) is 5.08. The molecule has 0 saturated heterocycles. The third kappa shape index (κ3) is 3.81. The molecule has 2 rings (SSSR count). The van der Waals surface area contributed by atoms with Gasteiger partial charge in [0.1, 0.15) is 24.7 Å². The Kier molecular flexibility index (Phi) is 4.74. The Labute approximate surface area is 124 Å². The highest BCUT2D eigenvalue weighted by molar-refractivity contribution is 6.30. The maximum absolute atomic E-state index is 5.83. The first-order valence-corrected chi connectivity index (χ1v) is 6.82. The lowest BCUT2D eigenvalue weighted by molar-refractivity contribution is 0.217. The van der Waals surface area contributed by atoms with Crippen LogP contribution in [0.2, 0.25) is 5.02 Å². The van der Waals surface area contributed by atoms with E-state index in [2.05, 4.69) is 6.07 Å². The molecule has 0 unspecified atom stereocenters. The van der Waals surface area contributed by atoms with Crippen molar-refractivity contribution in [3.63, 3.8) is 0 Å². The lowest BCUT2D eigenvalue weighted by Crippen LogP contribution is -2.10. The van der Waals surface area contributed by atoms with Crippen molar-refractivity contribution in [3.05, 3.63) is 52.5 Å². The molecule has 0 amide bonds. The van der Waals surface area contributed by atoms with Gasteiger partial charge in [-0.1, -0.05) is 23.7 Å². The van der Waals surface area contributed by atoms with Gasteiger partial charge in [0.25, 0.3) is 0 Å². The molecule has 0 heterocycles. The van der Waals surface area contributed by atoms with Gasteiger partial charge in [-0.05, 0) is 49.2 Å². The van der Waals surface area contributed by atoms with E-state index in [-0.39, 0.29) is 0 Å². The van der Waals surface area contributed by atoms with Gasteiger partial charge in [0.05, 0.1) is 5.69 Å². The first-order chi connectivity index (χ1) is 9.56. The summed E-state index contributed by atoms with van der Waals surface area (Å²) in [7, 11) is 0. The number of benzene rings is 2. The first kappa shape index (κ1) is 14.5. The van der Waals surface area contributed by atoms with E-state index in [0.29, 0.717) is 29.7 Å². The largest absolute Gasteiger partial charge is 0.490 e. The van der Waals surface area contributed by atoms with Crippen molar-refractivity contribution in [2.45, 2.75) is 13.8 Å². The fourth-order valence-corrected chi connectivity index (χ4v) is 2.00. The van der Waals surface area contributed by atoms with Crippen LogP contribution < -0.4 is 15.2 Å². The summed E-state index contributed by atoms with van der Waals surface area (Å²) in [4.78, 5) is 0. The predicted molar refractivity (Wildman–Crippen MR) is 82.8 cm³/mol. The van der Waals surface area contributed by atoms with Gasteiger partial charge in [0.15, 0.2) is 0 Å². The van der Waals surface area contributed by atoms with Crippen molar-refractivity contribution in [2.75, 3.05) is 18.9 Å². The van der Waals surface area contributed by atoms with E-state index in [1.54, 1.807) is 18.2 Å². The molecule has 0 aliphatic heterocycles. The molecule has 0 aliphatic carbocycles. The SMILES string of the molecule is Cc1ccc(C)c(OCCOc2ccc(Cl)cc2N)c1. The van der Waals surface area contributed by atoms with Gasteiger partial charge < -0.3 is 15.2 Å². The second kappa shape index (κ2) is 6.53. The Hall–Kier alpha value is -1.87. The van der Waals surface area contributed by atoms with Gasteiger partial charge in [0, 0.05) is 5.02 Å². The Morgan fingerprint density at radius 1 is 0.950 bits per heavy atom. The maximum atomic E-state index is 5.83. The number of rotatable bonds is 5. The summed E-state index contributed by atoms with van der Waals surface area (Å²) in [6, 6.07) is 11.3. The summed E-state index contributed by atoms with van der Waals surface area (Å²) in [6.07, 6.45) is 0. The van der Waals surface area contributed by atoms with Crippen LogP contribution in [0.3, 0.4) is 0 Å². The molecule has 0 saturated carbocycles. The molecule has 0 bridgehead atoms. The Morgan fingerprint density at radius 2 is 1.65 bits per heavy atom. The number of anilines is 1. The fraction of sp³-hybridized carbons (Fsp3) is 0.250. The summed E-state index contributed by atoms with van der Waals surface area (Å²) >= 11 is 5.83. The van der Waals surface area contributed by atoms with Crippen molar-refractivity contribution in [2.24, 2.45) is 0 Å². The van der Waals surface area contributed by atoms with Gasteiger partial charge in [0.2, 0.25) is 0 Å². The van der Waals surface area contributed by atoms with E-state index in [9.17, 15) is 0 Å². The molecule has 0 aromatic heterocycles. The summed E-state index contributed by atoms with van der Waals surface area (Å²) < 4.78 is 11.3. The number of ether oxygens (including phenoxy) is 2. The van der Waals surface area contributed by atoms with Crippen molar-refractivity contribution in [1.29, 1.82) is 0 Å². The minimum absolute atomic E-state index is 0.430. The second-order valence-electron chi connectivity index (χ2n) is 4.65. The molecule has 0 fully saturated rings. The molecule has 3 nitrogen and oxygen atoms in total. The molecule has 20 heavy (non-hydrogen) atoms. The van der Waals surface area contributed by atoms with Crippen LogP contribution >= 0.6 is 11.6 Å². The topological polar surface area (TPSA) is 44.5 Å². The number of aryl methyl sites for hydroxylation is 2. The lowest BCUT2D eigenvalue weighted by atomic mass is 10.1. The summed E-state index contributed by atoms with van der Waals surface area (Å²) in [6.45, 7) is 4.95. The van der Waals surface area contributed by atoms with Gasteiger partial charge >= 0.3 is 0 Å². The van der Waals surface area contributed by atoms with Gasteiger partial charge in [-0.25, -0.2) is 0 Å². The van der Waals surface area contributed by atoms with E-state index < -0.39 is 0 Å². The van der Waals surface area contributed by atoms with Crippen LogP contribution in [0, 0.1) is 13.8 Å². The van der Waals surface area contributed by atoms with Crippen LogP contribution in [0.25, 0.3) is 0 Å². The number of nitrogens with two attached hydrogens (primary N) is 1. The van der Waals surface area contributed by atoms with Gasteiger partial charge in [-0.15, -0.1) is 0 Å². The standard InChI is InChI=1S/C16H18ClNO2/c1-11-3-4-12(2)16(9-11)20-8-7-19-15-6-5-13(17)10-14(15)18/h3-6,9-10H,7-8,18H2,1-2H3. The number of hydrogen-bond acceptors (Lipinski definition) is 3. The highest BCUT2D eigenvalue weighted by atomic mass is 35.5. The quantitative estimate of drug-likeness (QED) is 0.669. The molecule has 0 spiro atoms. The molecule has 2 aromatic rings. The Morgan fingerprint density at radius 3 is 2.35 bits per heavy atom. The van der Waals surface area contributed by atoms with Crippen LogP contribution in [0.4, 0.5) is 5.69 Å². The molecule has 4 heteroatoms. The first-order valence-electron chi connectivity index (χ1n) is 6.44. The smallest absolute Gasteiger partial charge is 0.142 e. The van der Waals surface area contributed by atoms with Crippen molar-refractivity contribution < 1.29 is 9.47 Å². The molecule has 0 aliphatic rings. The number of halogens is 1. The van der Waals surface area contributed by atoms with Crippen LogP contribution in [0.15, 0.2) is 36.4 Å². The average molecular weight is 292 g/mol. The maximum Gasteiger partial charge on any atom is 0.142 e. The molecule has 2 N–H and O–H groups in total. The highest BCUT2D eigenvalue weighted by Crippen LogP contribution is 2.25. The zero-order chi connectivity index (χ0) is 14.5. The zero-order valence-electron chi connectivity index (χ0n) is 11.7. The summed E-state index contributed by atoms with van der Waals surface area (Å²) in [5.41, 5.74) is 8.63. The number of hydrogen-bond donors (Lipinski definition) is 1. The van der Waals surface area contributed by atoms with Gasteiger partial charge in [-0.2, -0.15) is 0 Å². The minimum Gasteiger partial charge on any atom is -0.490 e. The molecule has 0 radical (unpaired) electrons. The minimum atomic E-state index is 0.430. The third-order valence-electron chi connectivity index (χ3n) is 2.91. The molecule has 2 aromatic carbocycles. The van der Waals surface area contributed by atoms with Crippen LogP contribution in [-0.2, 0) is 0 Å². The molecule has 0 atom stereocenters. The normalized spacial score (nSPS) is 10.3. The van der Waals surface area contributed by atoms with E-state index in [1.165, 1.54) is 5.56 Å². The molecular formula is C16H18ClNO2. The Balaban J connectivity index is 1.86. The molecule has 106 valence electrons. The Bertz CT molecular complexity index is 599. The molecular weight excluding hydrogens is 274 g/mol. The van der Waals surface area contributed by atoms with E-state index >= 15 is 0 Å².